The van der Waals surface area contributed by atoms with Gasteiger partial charge in [0.05, 0.1) is 0 Å². The summed E-state index contributed by atoms with van der Waals surface area (Å²) in [4.78, 5) is 0. The first-order valence-electron chi connectivity index (χ1n) is 6.13. The van der Waals surface area contributed by atoms with E-state index in [2.05, 4.69) is 43.4 Å². The quantitative estimate of drug-likeness (QED) is 0.682. The highest BCUT2D eigenvalue weighted by Gasteiger charge is 1.90. The highest BCUT2D eigenvalue weighted by Crippen LogP contribution is 2.08. The molecule has 0 saturated heterocycles. The molecule has 0 aliphatic rings. The third-order valence-electron chi connectivity index (χ3n) is 2.16. The van der Waals surface area contributed by atoms with Crippen LogP contribution in [0.25, 0.3) is 0 Å². The van der Waals surface area contributed by atoms with Crippen molar-refractivity contribution in [3.05, 3.63) is 29.8 Å². The smallest absolute Gasteiger partial charge is 0.0340 e. The topological polar surface area (TPSA) is 12.0 Å². The molecule has 1 aromatic rings. The van der Waals surface area contributed by atoms with E-state index in [1.165, 1.54) is 30.5 Å². The lowest BCUT2D eigenvalue weighted by molar-refractivity contribution is 0.744. The Kier molecular flexibility index (Phi) is 8.95. The number of hydrogen-bond acceptors (Lipinski definition) is 1. The Balaban J connectivity index is 0. The van der Waals surface area contributed by atoms with Gasteiger partial charge in [-0.25, -0.2) is 0 Å². The summed E-state index contributed by atoms with van der Waals surface area (Å²) in [7, 11) is 0. The third kappa shape index (κ3) is 7.01. The predicted octanol–water partition coefficient (Wildman–Crippen LogP) is 4.87. The molecule has 0 aliphatic carbocycles. The third-order valence-corrected chi connectivity index (χ3v) is 2.16. The molecule has 0 aliphatic heterocycles. The van der Waals surface area contributed by atoms with Crippen molar-refractivity contribution >= 4 is 5.69 Å². The zero-order chi connectivity index (χ0) is 11.5. The lowest BCUT2D eigenvalue weighted by atomic mass is 10.2. The van der Waals surface area contributed by atoms with E-state index in [1.807, 2.05) is 13.8 Å². The lowest BCUT2D eigenvalue weighted by Crippen LogP contribution is -2.00. The van der Waals surface area contributed by atoms with E-state index in [1.54, 1.807) is 0 Å². The highest BCUT2D eigenvalue weighted by molar-refractivity contribution is 5.44. The number of unbranched alkanes of at least 4 members (excludes halogenated alkanes) is 2. The minimum atomic E-state index is 0. The van der Waals surface area contributed by atoms with E-state index in [9.17, 15) is 0 Å². The van der Waals surface area contributed by atoms with E-state index < -0.39 is 0 Å². The van der Waals surface area contributed by atoms with Gasteiger partial charge < -0.3 is 5.32 Å². The number of aryl methyl sites for hydroxylation is 1. The van der Waals surface area contributed by atoms with Crippen molar-refractivity contribution < 1.29 is 1.43 Å². The molecule has 0 heterocycles. The summed E-state index contributed by atoms with van der Waals surface area (Å²) in [5.74, 6) is 0. The fourth-order valence-corrected chi connectivity index (χ4v) is 1.28. The summed E-state index contributed by atoms with van der Waals surface area (Å²) in [6.45, 7) is 9.43. The van der Waals surface area contributed by atoms with Crippen LogP contribution in [0.5, 0.6) is 0 Å². The second-order valence-corrected chi connectivity index (χ2v) is 3.50. The molecule has 1 rings (SSSR count). The Morgan fingerprint density at radius 2 is 1.67 bits per heavy atom. The van der Waals surface area contributed by atoms with Crippen molar-refractivity contribution in [3.63, 3.8) is 0 Å². The van der Waals surface area contributed by atoms with Gasteiger partial charge in [0.15, 0.2) is 0 Å². The molecular formula is C14H27N. The average molecular weight is 209 g/mol. The van der Waals surface area contributed by atoms with Crippen molar-refractivity contribution in [2.24, 2.45) is 0 Å². The number of benzene rings is 1. The fraction of sp³-hybridized carbons (Fsp3) is 0.571. The molecule has 0 fully saturated rings. The van der Waals surface area contributed by atoms with Gasteiger partial charge in [0, 0.05) is 13.7 Å². The van der Waals surface area contributed by atoms with Gasteiger partial charge in [-0.2, -0.15) is 0 Å². The molecule has 1 nitrogen and oxygen atoms in total. The average Bonchev–Trinajstić information content (AvgIpc) is 2.30. The van der Waals surface area contributed by atoms with E-state index in [-0.39, 0.29) is 1.43 Å². The van der Waals surface area contributed by atoms with Gasteiger partial charge in [-0.3, -0.25) is 0 Å². The number of anilines is 1. The zero-order valence-electron chi connectivity index (χ0n) is 10.6. The summed E-state index contributed by atoms with van der Waals surface area (Å²) < 4.78 is 0. The predicted molar refractivity (Wildman–Crippen MR) is 72.7 cm³/mol. The molecule has 15 heavy (non-hydrogen) atoms. The number of nitrogens with one attached hydrogen (secondary N) is 1. The molecule has 0 amide bonds. The maximum Gasteiger partial charge on any atom is 0.0340 e. The van der Waals surface area contributed by atoms with Crippen LogP contribution < -0.4 is 5.32 Å². The van der Waals surface area contributed by atoms with Crippen molar-refractivity contribution in [2.45, 2.75) is 47.0 Å². The molecule has 0 aromatic heterocycles. The van der Waals surface area contributed by atoms with Crippen LogP contribution >= 0.6 is 0 Å². The van der Waals surface area contributed by atoms with Gasteiger partial charge in [0.2, 0.25) is 0 Å². The Bertz CT molecular complexity index is 231. The fourth-order valence-electron chi connectivity index (χ4n) is 1.28. The zero-order valence-corrected chi connectivity index (χ0v) is 10.6. The van der Waals surface area contributed by atoms with E-state index in [0.717, 1.165) is 6.54 Å². The van der Waals surface area contributed by atoms with Crippen LogP contribution in [0.3, 0.4) is 0 Å². The molecule has 0 saturated carbocycles. The first-order chi connectivity index (χ1) is 7.33. The standard InChI is InChI=1S/C12H19N.C2H6.H2/c1-3-4-5-10-13-12-8-6-11(2)7-9-12;1-2;/h6-9,13H,3-5,10H2,1-2H3;1-2H3;1H. The van der Waals surface area contributed by atoms with Gasteiger partial charge in [0.1, 0.15) is 0 Å². The van der Waals surface area contributed by atoms with Crippen LogP contribution in [-0.4, -0.2) is 6.54 Å². The van der Waals surface area contributed by atoms with E-state index in [0.29, 0.717) is 0 Å². The SMILES string of the molecule is CC.CCCCCNc1ccc(C)cc1.[HH]. The summed E-state index contributed by atoms with van der Waals surface area (Å²) >= 11 is 0. The summed E-state index contributed by atoms with van der Waals surface area (Å²) in [5, 5.41) is 3.41. The Morgan fingerprint density at radius 1 is 1.07 bits per heavy atom. The van der Waals surface area contributed by atoms with Gasteiger partial charge in [-0.15, -0.1) is 0 Å². The second-order valence-electron chi connectivity index (χ2n) is 3.50. The maximum absolute atomic E-state index is 3.41. The van der Waals surface area contributed by atoms with E-state index >= 15 is 0 Å². The molecule has 1 N–H and O–H groups in total. The molecule has 0 bridgehead atoms. The normalized spacial score (nSPS) is 9.07. The Hall–Kier alpha value is -0.980. The van der Waals surface area contributed by atoms with Crippen LogP contribution in [0.1, 0.15) is 47.0 Å². The Labute approximate surface area is 96.4 Å². The first-order valence-corrected chi connectivity index (χ1v) is 6.13. The van der Waals surface area contributed by atoms with Crippen LogP contribution in [0.4, 0.5) is 5.69 Å². The molecule has 1 aromatic carbocycles. The molecule has 0 spiro atoms. The first kappa shape index (κ1) is 14.0. The maximum atomic E-state index is 3.41. The van der Waals surface area contributed by atoms with Crippen molar-refractivity contribution in [1.82, 2.24) is 0 Å². The van der Waals surface area contributed by atoms with Crippen LogP contribution in [0.15, 0.2) is 24.3 Å². The Morgan fingerprint density at radius 3 is 2.20 bits per heavy atom. The van der Waals surface area contributed by atoms with Crippen molar-refractivity contribution in [1.29, 1.82) is 0 Å². The monoisotopic (exact) mass is 209 g/mol. The van der Waals surface area contributed by atoms with Gasteiger partial charge >= 0.3 is 0 Å². The molecule has 1 heteroatoms. The highest BCUT2D eigenvalue weighted by atomic mass is 14.9. The molecule has 88 valence electrons. The van der Waals surface area contributed by atoms with Crippen LogP contribution in [-0.2, 0) is 0 Å². The molecular weight excluding hydrogens is 182 g/mol. The van der Waals surface area contributed by atoms with Crippen LogP contribution in [0, 0.1) is 6.92 Å². The minimum absolute atomic E-state index is 0. The van der Waals surface area contributed by atoms with Gasteiger partial charge in [-0.05, 0) is 25.5 Å². The number of hydrogen-bond donors (Lipinski definition) is 1. The summed E-state index contributed by atoms with van der Waals surface area (Å²) in [5.41, 5.74) is 2.56. The van der Waals surface area contributed by atoms with Gasteiger partial charge in [-0.1, -0.05) is 51.3 Å². The minimum Gasteiger partial charge on any atom is -0.385 e. The summed E-state index contributed by atoms with van der Waals surface area (Å²) in [6.07, 6.45) is 3.87. The van der Waals surface area contributed by atoms with E-state index in [4.69, 9.17) is 0 Å². The van der Waals surface area contributed by atoms with Crippen molar-refractivity contribution in [3.8, 4) is 0 Å². The second kappa shape index (κ2) is 9.57. The summed E-state index contributed by atoms with van der Waals surface area (Å²) in [6, 6.07) is 8.56. The molecule has 0 atom stereocenters. The van der Waals surface area contributed by atoms with Gasteiger partial charge in [0.25, 0.3) is 0 Å². The number of rotatable bonds is 5. The van der Waals surface area contributed by atoms with Crippen molar-refractivity contribution in [2.75, 3.05) is 11.9 Å². The molecule has 0 radical (unpaired) electrons. The lowest BCUT2D eigenvalue weighted by Gasteiger charge is -2.05. The van der Waals surface area contributed by atoms with Crippen LogP contribution in [0.2, 0.25) is 0 Å². The molecule has 0 unspecified atom stereocenters. The largest absolute Gasteiger partial charge is 0.385 e.